The standard InChI is InChI=1S/C17H23NS/c1-12-6-5-8-14(12)16(18-2)10-13-11-19-17-9-4-3-7-15(13)17/h3-4,7,9,11-12,14,16,18H,5-6,8,10H2,1-2H3. The molecular formula is C17H23NS. The monoisotopic (exact) mass is 273 g/mol. The van der Waals surface area contributed by atoms with E-state index in [9.17, 15) is 0 Å². The Kier molecular flexibility index (Phi) is 3.90. The molecule has 1 aromatic carbocycles. The van der Waals surface area contributed by atoms with Crippen LogP contribution in [-0.2, 0) is 6.42 Å². The Hall–Kier alpha value is -0.860. The fraction of sp³-hybridized carbons (Fsp3) is 0.529. The van der Waals surface area contributed by atoms with Crippen molar-refractivity contribution in [3.05, 3.63) is 35.2 Å². The summed E-state index contributed by atoms with van der Waals surface area (Å²) in [6.45, 7) is 2.42. The maximum Gasteiger partial charge on any atom is 0.0345 e. The molecule has 1 fully saturated rings. The fourth-order valence-electron chi connectivity index (χ4n) is 3.67. The van der Waals surface area contributed by atoms with Crippen molar-refractivity contribution in [2.24, 2.45) is 11.8 Å². The van der Waals surface area contributed by atoms with E-state index in [-0.39, 0.29) is 0 Å². The highest BCUT2D eigenvalue weighted by Gasteiger charge is 2.30. The van der Waals surface area contributed by atoms with E-state index in [2.05, 4.69) is 48.9 Å². The summed E-state index contributed by atoms with van der Waals surface area (Å²) in [5, 5.41) is 7.39. The summed E-state index contributed by atoms with van der Waals surface area (Å²) < 4.78 is 1.42. The molecule has 1 N–H and O–H groups in total. The van der Waals surface area contributed by atoms with Gasteiger partial charge in [-0.15, -0.1) is 11.3 Å². The van der Waals surface area contributed by atoms with Crippen LogP contribution in [0.5, 0.6) is 0 Å². The Bertz CT molecular complexity index is 545. The second-order valence-corrected chi connectivity index (χ2v) is 6.84. The van der Waals surface area contributed by atoms with Gasteiger partial charge in [0.2, 0.25) is 0 Å². The third-order valence-corrected chi connectivity index (χ3v) is 5.83. The molecule has 1 aliphatic rings. The topological polar surface area (TPSA) is 12.0 Å². The molecule has 1 nitrogen and oxygen atoms in total. The van der Waals surface area contributed by atoms with Gasteiger partial charge in [0.1, 0.15) is 0 Å². The van der Waals surface area contributed by atoms with Crippen LogP contribution in [0.25, 0.3) is 10.1 Å². The highest BCUT2D eigenvalue weighted by molar-refractivity contribution is 7.17. The normalized spacial score (nSPS) is 24.9. The highest BCUT2D eigenvalue weighted by Crippen LogP contribution is 2.36. The maximum absolute atomic E-state index is 3.58. The molecule has 0 bridgehead atoms. The minimum absolute atomic E-state index is 0.635. The van der Waals surface area contributed by atoms with Gasteiger partial charge in [-0.05, 0) is 54.1 Å². The summed E-state index contributed by atoms with van der Waals surface area (Å²) in [5.74, 6) is 1.73. The van der Waals surface area contributed by atoms with Gasteiger partial charge in [-0.2, -0.15) is 0 Å². The van der Waals surface area contributed by atoms with Crippen LogP contribution >= 0.6 is 11.3 Å². The molecule has 3 unspecified atom stereocenters. The van der Waals surface area contributed by atoms with E-state index in [1.807, 2.05) is 11.3 Å². The van der Waals surface area contributed by atoms with Crippen LogP contribution in [0, 0.1) is 11.8 Å². The van der Waals surface area contributed by atoms with Gasteiger partial charge in [0.15, 0.2) is 0 Å². The summed E-state index contributed by atoms with van der Waals surface area (Å²) >= 11 is 1.88. The largest absolute Gasteiger partial charge is 0.316 e. The van der Waals surface area contributed by atoms with Crippen LogP contribution in [-0.4, -0.2) is 13.1 Å². The molecule has 1 saturated carbocycles. The van der Waals surface area contributed by atoms with Crippen molar-refractivity contribution < 1.29 is 0 Å². The fourth-order valence-corrected chi connectivity index (χ4v) is 4.64. The quantitative estimate of drug-likeness (QED) is 0.866. The van der Waals surface area contributed by atoms with Gasteiger partial charge in [-0.3, -0.25) is 0 Å². The Morgan fingerprint density at radius 2 is 2.16 bits per heavy atom. The second kappa shape index (κ2) is 5.64. The first-order chi connectivity index (χ1) is 9.29. The van der Waals surface area contributed by atoms with E-state index < -0.39 is 0 Å². The molecule has 1 heterocycles. The Morgan fingerprint density at radius 3 is 2.89 bits per heavy atom. The molecule has 102 valence electrons. The summed E-state index contributed by atoms with van der Waals surface area (Å²) in [5.41, 5.74) is 1.53. The lowest BCUT2D eigenvalue weighted by molar-refractivity contribution is 0.309. The highest BCUT2D eigenvalue weighted by atomic mass is 32.1. The zero-order valence-electron chi connectivity index (χ0n) is 11.9. The average molecular weight is 273 g/mol. The van der Waals surface area contributed by atoms with Crippen LogP contribution < -0.4 is 5.32 Å². The first-order valence-corrected chi connectivity index (χ1v) is 8.30. The van der Waals surface area contributed by atoms with Crippen LogP contribution in [0.3, 0.4) is 0 Å². The van der Waals surface area contributed by atoms with Crippen molar-refractivity contribution in [1.82, 2.24) is 5.32 Å². The molecule has 3 rings (SSSR count). The Morgan fingerprint density at radius 1 is 1.32 bits per heavy atom. The molecule has 19 heavy (non-hydrogen) atoms. The van der Waals surface area contributed by atoms with Gasteiger partial charge in [-0.1, -0.05) is 38.0 Å². The molecule has 0 spiro atoms. The van der Waals surface area contributed by atoms with Gasteiger partial charge < -0.3 is 5.32 Å². The first kappa shape index (κ1) is 13.1. The maximum atomic E-state index is 3.58. The molecule has 1 aromatic heterocycles. The summed E-state index contributed by atoms with van der Waals surface area (Å²) in [6, 6.07) is 9.43. The molecule has 1 aliphatic carbocycles. The van der Waals surface area contributed by atoms with Crippen LogP contribution in [0.4, 0.5) is 0 Å². The third kappa shape index (κ3) is 2.56. The van der Waals surface area contributed by atoms with Crippen molar-refractivity contribution >= 4 is 21.4 Å². The predicted molar refractivity (Wildman–Crippen MR) is 84.9 cm³/mol. The SMILES string of the molecule is CNC(Cc1csc2ccccc12)C1CCCC1C. The first-order valence-electron chi connectivity index (χ1n) is 7.42. The molecule has 3 atom stereocenters. The average Bonchev–Trinajstić information content (AvgIpc) is 3.03. The van der Waals surface area contributed by atoms with E-state index in [1.165, 1.54) is 41.3 Å². The Labute approximate surface area is 120 Å². The zero-order valence-corrected chi connectivity index (χ0v) is 12.7. The zero-order chi connectivity index (χ0) is 13.2. The summed E-state index contributed by atoms with van der Waals surface area (Å²) in [6.07, 6.45) is 5.39. The van der Waals surface area contributed by atoms with E-state index in [1.54, 1.807) is 0 Å². The van der Waals surface area contributed by atoms with Crippen molar-refractivity contribution in [3.8, 4) is 0 Å². The number of nitrogens with one attached hydrogen (secondary N) is 1. The van der Waals surface area contributed by atoms with Gasteiger partial charge >= 0.3 is 0 Å². The number of benzene rings is 1. The minimum Gasteiger partial charge on any atom is -0.316 e. The van der Waals surface area contributed by atoms with E-state index >= 15 is 0 Å². The van der Waals surface area contributed by atoms with Crippen molar-refractivity contribution in [3.63, 3.8) is 0 Å². The summed E-state index contributed by atoms with van der Waals surface area (Å²) in [7, 11) is 2.13. The second-order valence-electron chi connectivity index (χ2n) is 5.93. The third-order valence-electron chi connectivity index (χ3n) is 4.82. The lowest BCUT2D eigenvalue weighted by atomic mass is 9.86. The Balaban J connectivity index is 1.82. The van der Waals surface area contributed by atoms with Crippen LogP contribution in [0.1, 0.15) is 31.7 Å². The number of hydrogen-bond acceptors (Lipinski definition) is 2. The van der Waals surface area contributed by atoms with Gasteiger partial charge in [-0.25, -0.2) is 0 Å². The van der Waals surface area contributed by atoms with Crippen molar-refractivity contribution in [2.45, 2.75) is 38.6 Å². The van der Waals surface area contributed by atoms with Crippen molar-refractivity contribution in [1.29, 1.82) is 0 Å². The lowest BCUT2D eigenvalue weighted by Crippen LogP contribution is -2.36. The molecule has 0 saturated heterocycles. The molecule has 0 aliphatic heterocycles. The number of thiophene rings is 1. The van der Waals surface area contributed by atoms with Crippen LogP contribution in [0.15, 0.2) is 29.6 Å². The molecule has 2 heteroatoms. The smallest absolute Gasteiger partial charge is 0.0345 e. The van der Waals surface area contributed by atoms with E-state index in [4.69, 9.17) is 0 Å². The molecule has 0 amide bonds. The number of fused-ring (bicyclic) bond motifs is 1. The van der Waals surface area contributed by atoms with Gasteiger partial charge in [0.05, 0.1) is 0 Å². The summed E-state index contributed by atoms with van der Waals surface area (Å²) in [4.78, 5) is 0. The predicted octanol–water partition coefficient (Wildman–Crippen LogP) is 4.47. The molecule has 0 radical (unpaired) electrons. The minimum atomic E-state index is 0.635. The van der Waals surface area contributed by atoms with Gasteiger partial charge in [0, 0.05) is 10.7 Å². The van der Waals surface area contributed by atoms with E-state index in [0.717, 1.165) is 11.8 Å². The van der Waals surface area contributed by atoms with Crippen molar-refractivity contribution in [2.75, 3.05) is 7.05 Å². The number of rotatable bonds is 4. The van der Waals surface area contributed by atoms with Gasteiger partial charge in [0.25, 0.3) is 0 Å². The molecular weight excluding hydrogens is 250 g/mol. The number of likely N-dealkylation sites (N-methyl/N-ethyl adjacent to an activating group) is 1. The number of hydrogen-bond donors (Lipinski definition) is 1. The van der Waals surface area contributed by atoms with E-state index in [0.29, 0.717) is 6.04 Å². The molecule has 2 aromatic rings. The van der Waals surface area contributed by atoms with Crippen LogP contribution in [0.2, 0.25) is 0 Å². The lowest BCUT2D eigenvalue weighted by Gasteiger charge is -2.26.